The molecule has 0 amide bonds. The number of aromatic nitrogens is 2. The Bertz CT molecular complexity index is 1410. The number of nitrogens with one attached hydrogen (secondary N) is 2. The molecule has 0 saturated heterocycles. The maximum Gasteiger partial charge on any atom is 0.140 e. The van der Waals surface area contributed by atoms with Crippen molar-refractivity contribution in [3.8, 4) is 16.9 Å². The molecule has 4 aromatic carbocycles. The molecule has 2 N–H and O–H groups in total. The first-order valence-electron chi connectivity index (χ1n) is 10.9. The zero-order valence-electron chi connectivity index (χ0n) is 17.7. The van der Waals surface area contributed by atoms with Gasteiger partial charge in [0.1, 0.15) is 17.3 Å². The van der Waals surface area contributed by atoms with Gasteiger partial charge < -0.3 is 10.6 Å². The average molecular weight is 433 g/mol. The second kappa shape index (κ2) is 7.95. The lowest BCUT2D eigenvalue weighted by molar-refractivity contribution is 0.626. The molecular formula is C28H21FN4. The van der Waals surface area contributed by atoms with Crippen molar-refractivity contribution in [3.05, 3.63) is 126 Å². The molecule has 1 aliphatic rings. The second-order valence-electron chi connectivity index (χ2n) is 8.02. The topological polar surface area (TPSA) is 41.9 Å². The number of para-hydroxylation sites is 3. The summed E-state index contributed by atoms with van der Waals surface area (Å²) in [5.74, 6) is 0.626. The van der Waals surface area contributed by atoms with Crippen LogP contribution >= 0.6 is 0 Å². The van der Waals surface area contributed by atoms with Gasteiger partial charge in [-0.25, -0.2) is 9.07 Å². The Kier molecular flexibility index (Phi) is 4.65. The normalized spacial score (nSPS) is 14.4. The van der Waals surface area contributed by atoms with Crippen molar-refractivity contribution in [1.82, 2.24) is 9.78 Å². The van der Waals surface area contributed by atoms with Crippen LogP contribution in [0.5, 0.6) is 0 Å². The Morgan fingerprint density at radius 3 is 2.06 bits per heavy atom. The zero-order chi connectivity index (χ0) is 22.2. The van der Waals surface area contributed by atoms with Crippen LogP contribution in [0.3, 0.4) is 0 Å². The van der Waals surface area contributed by atoms with Gasteiger partial charge in [-0.05, 0) is 42.0 Å². The summed E-state index contributed by atoms with van der Waals surface area (Å²) in [6.07, 6.45) is 0. The van der Waals surface area contributed by atoms with Crippen LogP contribution < -0.4 is 10.6 Å². The number of rotatable bonds is 3. The van der Waals surface area contributed by atoms with E-state index in [4.69, 9.17) is 5.10 Å². The zero-order valence-corrected chi connectivity index (χ0v) is 17.7. The first-order chi connectivity index (χ1) is 16.3. The summed E-state index contributed by atoms with van der Waals surface area (Å²) in [4.78, 5) is 0. The van der Waals surface area contributed by atoms with Gasteiger partial charge in [-0.15, -0.1) is 0 Å². The van der Waals surface area contributed by atoms with Crippen LogP contribution in [0.2, 0.25) is 0 Å². The van der Waals surface area contributed by atoms with Gasteiger partial charge in [-0.3, -0.25) is 0 Å². The Hall–Kier alpha value is -4.38. The largest absolute Gasteiger partial charge is 0.372 e. The minimum absolute atomic E-state index is 0.232. The number of hydrogen-bond donors (Lipinski definition) is 2. The van der Waals surface area contributed by atoms with Crippen LogP contribution in [0.4, 0.5) is 21.6 Å². The molecule has 0 fully saturated rings. The van der Waals surface area contributed by atoms with Crippen LogP contribution in [0.15, 0.2) is 109 Å². The molecule has 5 heteroatoms. The third-order valence-electron chi connectivity index (χ3n) is 5.94. The summed E-state index contributed by atoms with van der Waals surface area (Å²) < 4.78 is 15.7. The van der Waals surface area contributed by atoms with Crippen LogP contribution in [-0.2, 0) is 0 Å². The molecule has 0 spiro atoms. The van der Waals surface area contributed by atoms with Gasteiger partial charge in [0, 0.05) is 11.1 Å². The molecule has 2 heterocycles. The fraction of sp³-hybridized carbons (Fsp3) is 0.0357. The predicted octanol–water partition coefficient (Wildman–Crippen LogP) is 6.94. The van der Waals surface area contributed by atoms with E-state index in [1.807, 2.05) is 89.6 Å². The molecule has 1 atom stereocenters. The lowest BCUT2D eigenvalue weighted by atomic mass is 9.95. The first-order valence-corrected chi connectivity index (χ1v) is 10.9. The fourth-order valence-electron chi connectivity index (χ4n) is 4.37. The number of hydrogen-bond acceptors (Lipinski definition) is 3. The van der Waals surface area contributed by atoms with Crippen molar-refractivity contribution >= 4 is 17.2 Å². The van der Waals surface area contributed by atoms with Crippen molar-refractivity contribution < 1.29 is 4.39 Å². The molecule has 0 aliphatic carbocycles. The van der Waals surface area contributed by atoms with Crippen LogP contribution in [0, 0.1) is 5.82 Å². The van der Waals surface area contributed by atoms with Crippen molar-refractivity contribution in [2.75, 3.05) is 10.6 Å². The molecule has 0 bridgehead atoms. The monoisotopic (exact) mass is 432 g/mol. The molecule has 33 heavy (non-hydrogen) atoms. The molecule has 160 valence electrons. The number of nitrogens with zero attached hydrogens (tertiary/aromatic N) is 2. The van der Waals surface area contributed by atoms with E-state index in [1.165, 1.54) is 12.1 Å². The Morgan fingerprint density at radius 2 is 1.33 bits per heavy atom. The minimum Gasteiger partial charge on any atom is -0.372 e. The Labute approximate surface area is 191 Å². The molecule has 1 aliphatic heterocycles. The van der Waals surface area contributed by atoms with Crippen LogP contribution in [-0.4, -0.2) is 9.78 Å². The summed E-state index contributed by atoms with van der Waals surface area (Å²) in [6, 6.07) is 34.8. The number of benzene rings is 4. The van der Waals surface area contributed by atoms with Crippen molar-refractivity contribution in [2.45, 2.75) is 6.04 Å². The molecule has 4 nitrogen and oxygen atoms in total. The standard InChI is InChI=1S/C28H21FN4/c29-21-17-15-20(16-18-21)26-25-27(19-9-3-1-4-10-19)32-33(22-11-5-2-6-12-22)28(25)31-24-14-8-7-13-23(24)30-26/h1-18,26,30-31H. The van der Waals surface area contributed by atoms with E-state index >= 15 is 0 Å². The van der Waals surface area contributed by atoms with Gasteiger partial charge >= 0.3 is 0 Å². The van der Waals surface area contributed by atoms with Gasteiger partial charge in [-0.2, -0.15) is 5.10 Å². The third-order valence-corrected chi connectivity index (χ3v) is 5.94. The van der Waals surface area contributed by atoms with E-state index in [2.05, 4.69) is 22.8 Å². The van der Waals surface area contributed by atoms with E-state index in [0.29, 0.717) is 0 Å². The van der Waals surface area contributed by atoms with E-state index < -0.39 is 0 Å². The Morgan fingerprint density at radius 1 is 0.697 bits per heavy atom. The van der Waals surface area contributed by atoms with Gasteiger partial charge in [0.2, 0.25) is 0 Å². The lowest BCUT2D eigenvalue weighted by Gasteiger charge is -2.20. The summed E-state index contributed by atoms with van der Waals surface area (Å²) in [7, 11) is 0. The summed E-state index contributed by atoms with van der Waals surface area (Å²) >= 11 is 0. The van der Waals surface area contributed by atoms with Crippen molar-refractivity contribution in [2.24, 2.45) is 0 Å². The minimum atomic E-state index is -0.255. The van der Waals surface area contributed by atoms with Gasteiger partial charge in [0.05, 0.1) is 23.1 Å². The molecule has 1 unspecified atom stereocenters. The highest BCUT2D eigenvalue weighted by atomic mass is 19.1. The van der Waals surface area contributed by atoms with Gasteiger partial charge in [0.15, 0.2) is 0 Å². The van der Waals surface area contributed by atoms with Crippen molar-refractivity contribution in [3.63, 3.8) is 0 Å². The number of halogens is 1. The maximum atomic E-state index is 13.8. The lowest BCUT2D eigenvalue weighted by Crippen LogP contribution is -2.12. The Balaban J connectivity index is 1.66. The quantitative estimate of drug-likeness (QED) is 0.325. The summed E-state index contributed by atoms with van der Waals surface area (Å²) in [5, 5.41) is 12.4. The smallest absolute Gasteiger partial charge is 0.140 e. The molecule has 6 rings (SSSR count). The number of anilines is 3. The van der Waals surface area contributed by atoms with Crippen LogP contribution in [0.25, 0.3) is 16.9 Å². The van der Waals surface area contributed by atoms with Gasteiger partial charge in [0.25, 0.3) is 0 Å². The molecule has 0 radical (unpaired) electrons. The fourth-order valence-corrected chi connectivity index (χ4v) is 4.37. The molecular weight excluding hydrogens is 411 g/mol. The molecule has 5 aromatic rings. The second-order valence-corrected chi connectivity index (χ2v) is 8.02. The number of fused-ring (bicyclic) bond motifs is 2. The van der Waals surface area contributed by atoms with E-state index in [0.717, 1.165) is 45.3 Å². The van der Waals surface area contributed by atoms with E-state index in [-0.39, 0.29) is 11.9 Å². The summed E-state index contributed by atoms with van der Waals surface area (Å²) in [6.45, 7) is 0. The average Bonchev–Trinajstić information content (AvgIpc) is 3.15. The highest BCUT2D eigenvalue weighted by Gasteiger charge is 2.31. The maximum absolute atomic E-state index is 13.8. The summed E-state index contributed by atoms with van der Waals surface area (Å²) in [5.41, 5.74) is 6.75. The molecule has 1 aromatic heterocycles. The molecule has 0 saturated carbocycles. The first kappa shape index (κ1) is 19.3. The highest BCUT2D eigenvalue weighted by Crippen LogP contribution is 2.45. The van der Waals surface area contributed by atoms with Crippen molar-refractivity contribution in [1.29, 1.82) is 0 Å². The predicted molar refractivity (Wildman–Crippen MR) is 131 cm³/mol. The van der Waals surface area contributed by atoms with E-state index in [1.54, 1.807) is 0 Å². The third kappa shape index (κ3) is 3.44. The van der Waals surface area contributed by atoms with Crippen LogP contribution in [0.1, 0.15) is 17.2 Å². The van der Waals surface area contributed by atoms with E-state index in [9.17, 15) is 4.39 Å². The highest BCUT2D eigenvalue weighted by molar-refractivity contribution is 5.83. The van der Waals surface area contributed by atoms with Gasteiger partial charge in [-0.1, -0.05) is 72.8 Å². The SMILES string of the molecule is Fc1ccc(C2Nc3ccccc3Nc3c2c(-c2ccccc2)nn3-c2ccccc2)cc1.